The van der Waals surface area contributed by atoms with Crippen LogP contribution in [0.5, 0.6) is 5.75 Å². The third-order valence-electron chi connectivity index (χ3n) is 8.71. The van der Waals surface area contributed by atoms with Crippen molar-refractivity contribution in [3.8, 4) is 5.75 Å². The lowest BCUT2D eigenvalue weighted by Gasteiger charge is -2.38. The van der Waals surface area contributed by atoms with Crippen molar-refractivity contribution in [2.24, 2.45) is 0 Å². The summed E-state index contributed by atoms with van der Waals surface area (Å²) in [6.07, 6.45) is -9.67. The zero-order valence-corrected chi connectivity index (χ0v) is 29.6. The van der Waals surface area contributed by atoms with E-state index in [1.807, 2.05) is 6.07 Å². The molecule has 0 amide bonds. The lowest BCUT2D eigenvalue weighted by atomic mass is 9.73. The van der Waals surface area contributed by atoms with Gasteiger partial charge in [-0.1, -0.05) is 58.0 Å². The molecule has 0 aliphatic heterocycles. The van der Waals surface area contributed by atoms with E-state index in [0.717, 1.165) is 29.6 Å². The maximum atomic E-state index is 13.8. The average molecular weight is 724 g/mol. The first-order valence-electron chi connectivity index (χ1n) is 16.1. The number of aryl methyl sites for hydroxylation is 2. The molecule has 4 rings (SSSR count). The maximum absolute atomic E-state index is 13.8. The number of rotatable bonds is 11. The van der Waals surface area contributed by atoms with Crippen molar-refractivity contribution in [3.05, 3.63) is 119 Å². The van der Waals surface area contributed by atoms with Gasteiger partial charge in [-0.15, -0.1) is 0 Å². The lowest BCUT2D eigenvalue weighted by molar-refractivity contribution is -0.266. The van der Waals surface area contributed by atoms with Crippen LogP contribution in [0.2, 0.25) is 0 Å². The summed E-state index contributed by atoms with van der Waals surface area (Å²) in [7, 11) is 1.35. The van der Waals surface area contributed by atoms with Crippen LogP contribution in [0.4, 0.5) is 30.7 Å². The third-order valence-corrected chi connectivity index (χ3v) is 8.71. The Morgan fingerprint density at radius 3 is 1.78 bits per heavy atom. The molecule has 51 heavy (non-hydrogen) atoms. The second-order valence-electron chi connectivity index (χ2n) is 14.2. The molecule has 2 heterocycles. The number of ether oxygens (including phenoxy) is 1. The van der Waals surface area contributed by atoms with Crippen molar-refractivity contribution in [2.75, 3.05) is 7.11 Å². The van der Waals surface area contributed by atoms with Gasteiger partial charge < -0.3 is 14.9 Å². The van der Waals surface area contributed by atoms with Gasteiger partial charge in [0, 0.05) is 41.7 Å². The number of methoxy groups -OCH3 is 1. The Labute approximate surface area is 293 Å². The smallest absolute Gasteiger partial charge is 0.417 e. The molecule has 2 N–H and O–H groups in total. The monoisotopic (exact) mass is 723 g/mol. The molecule has 0 saturated heterocycles. The van der Waals surface area contributed by atoms with Crippen LogP contribution >= 0.6 is 0 Å². The maximum Gasteiger partial charge on any atom is 0.417 e. The largest absolute Gasteiger partial charge is 0.496 e. The first kappa shape index (κ1) is 41.3. The molecular weight excluding hydrogens is 679 g/mol. The molecule has 2 aromatic heterocycles. The highest BCUT2D eigenvalue weighted by Gasteiger charge is 2.57. The molecule has 0 spiro atoms. The summed E-state index contributed by atoms with van der Waals surface area (Å²) >= 11 is 0. The van der Waals surface area contributed by atoms with Crippen molar-refractivity contribution < 1.29 is 45.7 Å². The molecule has 0 saturated carbocycles. The summed E-state index contributed by atoms with van der Waals surface area (Å²) in [4.78, 5) is 11.6. The van der Waals surface area contributed by atoms with Gasteiger partial charge in [-0.2, -0.15) is 26.3 Å². The minimum Gasteiger partial charge on any atom is -0.496 e. The molecule has 0 aliphatic rings. The van der Waals surface area contributed by atoms with Crippen LogP contribution in [0.25, 0.3) is 0 Å². The van der Waals surface area contributed by atoms with Crippen molar-refractivity contribution >= 4 is 0 Å². The topological polar surface area (TPSA) is 88.4 Å². The molecule has 4 aromatic rings. The fraction of sp³-hybridized carbons (Fsp3) is 0.447. The molecule has 13 heteroatoms. The van der Waals surface area contributed by atoms with E-state index in [9.17, 15) is 40.9 Å². The zero-order valence-electron chi connectivity index (χ0n) is 29.6. The Kier molecular flexibility index (Phi) is 12.7. The van der Waals surface area contributed by atoms with Gasteiger partial charge in [0.2, 0.25) is 0 Å². The van der Waals surface area contributed by atoms with Crippen molar-refractivity contribution in [3.63, 3.8) is 0 Å². The number of aromatic nitrogens is 3. The Bertz CT molecular complexity index is 1710. The van der Waals surface area contributed by atoms with Crippen LogP contribution in [-0.2, 0) is 23.7 Å². The van der Waals surface area contributed by atoms with E-state index in [2.05, 4.69) is 15.0 Å². The van der Waals surface area contributed by atoms with Crippen LogP contribution in [0, 0.1) is 19.7 Å². The number of aliphatic hydroxyl groups is 2. The molecule has 0 radical (unpaired) electrons. The SMILES string of the molecule is COc1ccc(F)cc1C(C)(C)CC(O)(Cc1ccncn1)C(F)(F)F.Cc1cc(C)nc(CC(O)(CC(C)(C)c2ccccc2)C(F)(F)F)c1. The number of hydrogen-bond donors (Lipinski definition) is 2. The van der Waals surface area contributed by atoms with Crippen molar-refractivity contribution in [1.82, 2.24) is 15.0 Å². The molecule has 0 aliphatic carbocycles. The fourth-order valence-corrected chi connectivity index (χ4v) is 6.32. The van der Waals surface area contributed by atoms with E-state index in [1.54, 1.807) is 64.1 Å². The van der Waals surface area contributed by atoms with Gasteiger partial charge in [0.25, 0.3) is 0 Å². The van der Waals surface area contributed by atoms with Gasteiger partial charge in [-0.05, 0) is 85.0 Å². The molecule has 0 fully saturated rings. The van der Waals surface area contributed by atoms with E-state index < -0.39 is 65.9 Å². The molecule has 2 atom stereocenters. The van der Waals surface area contributed by atoms with Crippen LogP contribution in [0.1, 0.15) is 74.3 Å². The Balaban J connectivity index is 0.000000276. The lowest BCUT2D eigenvalue weighted by Crippen LogP contribution is -2.51. The van der Waals surface area contributed by atoms with Gasteiger partial charge in [-0.25, -0.2) is 14.4 Å². The van der Waals surface area contributed by atoms with E-state index in [1.165, 1.54) is 39.3 Å². The highest BCUT2D eigenvalue weighted by molar-refractivity contribution is 5.40. The third kappa shape index (κ3) is 10.7. The summed E-state index contributed by atoms with van der Waals surface area (Å²) in [6.45, 7) is 9.97. The fourth-order valence-electron chi connectivity index (χ4n) is 6.32. The van der Waals surface area contributed by atoms with Gasteiger partial charge in [-0.3, -0.25) is 4.98 Å². The van der Waals surface area contributed by atoms with Gasteiger partial charge in [0.15, 0.2) is 11.2 Å². The number of benzene rings is 2. The zero-order chi connectivity index (χ0) is 38.5. The summed E-state index contributed by atoms with van der Waals surface area (Å²) < 4.78 is 101. The van der Waals surface area contributed by atoms with E-state index >= 15 is 0 Å². The van der Waals surface area contributed by atoms with Crippen LogP contribution in [0.3, 0.4) is 0 Å². The van der Waals surface area contributed by atoms with Crippen molar-refractivity contribution in [1.29, 1.82) is 0 Å². The Morgan fingerprint density at radius 1 is 0.706 bits per heavy atom. The van der Waals surface area contributed by atoms with Crippen LogP contribution < -0.4 is 4.74 Å². The highest BCUT2D eigenvalue weighted by Crippen LogP contribution is 2.45. The summed E-state index contributed by atoms with van der Waals surface area (Å²) in [6, 6.07) is 17.3. The number of hydrogen-bond acceptors (Lipinski definition) is 6. The first-order valence-corrected chi connectivity index (χ1v) is 16.1. The quantitative estimate of drug-likeness (QED) is 0.151. The molecule has 2 aromatic carbocycles. The van der Waals surface area contributed by atoms with E-state index in [-0.39, 0.29) is 22.7 Å². The normalized spacial score (nSPS) is 14.9. The summed E-state index contributed by atoms with van der Waals surface area (Å²) in [5.41, 5.74) is -5.20. The van der Waals surface area contributed by atoms with Crippen molar-refractivity contribution in [2.45, 2.75) is 102 Å². The molecule has 6 nitrogen and oxygen atoms in total. The minimum absolute atomic E-state index is 0.0573. The predicted octanol–water partition coefficient (Wildman–Crippen LogP) is 8.73. The van der Waals surface area contributed by atoms with Gasteiger partial charge in [0.1, 0.15) is 17.9 Å². The minimum atomic E-state index is -4.91. The van der Waals surface area contributed by atoms with Gasteiger partial charge >= 0.3 is 12.4 Å². The predicted molar refractivity (Wildman–Crippen MR) is 180 cm³/mol. The molecule has 278 valence electrons. The number of alkyl halides is 6. The Hall–Kier alpha value is -4.10. The van der Waals surface area contributed by atoms with Crippen LogP contribution in [0.15, 0.2) is 79.3 Å². The second kappa shape index (κ2) is 15.6. The van der Waals surface area contributed by atoms with E-state index in [4.69, 9.17) is 4.74 Å². The standard InChI is InChI=1S/C20H24F3NO.C18H20F4N2O2/c1-14-10-15(2)24-17(11-14)12-19(25,20(21,22)23)13-18(3,4)16-8-6-5-7-9-16;1-16(2,14-8-12(19)4-5-15(14)26-3)10-17(25,18(20,21)22)9-13-6-7-23-11-24-13/h5-11,25H,12-13H2,1-4H3;4-8,11,25H,9-10H2,1-3H3. The second-order valence-corrected chi connectivity index (χ2v) is 14.2. The average Bonchev–Trinajstić information content (AvgIpc) is 3.00. The van der Waals surface area contributed by atoms with E-state index in [0.29, 0.717) is 5.69 Å². The van der Waals surface area contributed by atoms with Crippen LogP contribution in [-0.4, -0.2) is 55.8 Å². The Morgan fingerprint density at radius 2 is 1.27 bits per heavy atom. The summed E-state index contributed by atoms with van der Waals surface area (Å²) in [5, 5.41) is 21.1. The van der Waals surface area contributed by atoms with Gasteiger partial charge in [0.05, 0.1) is 7.11 Å². The molecule has 0 bridgehead atoms. The first-order chi connectivity index (χ1) is 23.4. The highest BCUT2D eigenvalue weighted by atomic mass is 19.4. The molecular formula is C38H44F7N3O3. The number of nitrogens with zero attached hydrogens (tertiary/aromatic N) is 3. The number of pyridine rings is 1. The molecule has 2 unspecified atom stereocenters. The number of halogens is 7. The summed E-state index contributed by atoms with van der Waals surface area (Å²) in [5.74, 6) is -0.344.